The average molecular weight is 520 g/mol. The fraction of sp³-hybridized carbons (Fsp3) is 0.538. The summed E-state index contributed by atoms with van der Waals surface area (Å²) in [5.74, 6) is -0.512. The van der Waals surface area contributed by atoms with Crippen molar-refractivity contribution in [2.75, 3.05) is 18.4 Å². The maximum absolute atomic E-state index is 14.6. The molecule has 1 aliphatic carbocycles. The fourth-order valence-electron chi connectivity index (χ4n) is 4.96. The minimum absolute atomic E-state index is 0. The van der Waals surface area contributed by atoms with Gasteiger partial charge in [-0.2, -0.15) is 0 Å². The number of alkyl halides is 1. The van der Waals surface area contributed by atoms with Gasteiger partial charge in [0.1, 0.15) is 17.6 Å². The summed E-state index contributed by atoms with van der Waals surface area (Å²) >= 11 is 0. The number of nitrogens with zero attached hydrogens (tertiary/aromatic N) is 4. The van der Waals surface area contributed by atoms with Crippen LogP contribution < -0.4 is 10.6 Å². The first kappa shape index (κ1) is 28.2. The molecule has 202 valence electrons. The van der Waals surface area contributed by atoms with Crippen LogP contribution in [0.25, 0.3) is 22.4 Å². The van der Waals surface area contributed by atoms with Gasteiger partial charge in [-0.3, -0.25) is 0 Å². The van der Waals surface area contributed by atoms with Gasteiger partial charge in [-0.05, 0) is 37.7 Å². The Bertz CT molecular complexity index is 1200. The Kier molecular flexibility index (Phi) is 9.34. The van der Waals surface area contributed by atoms with Gasteiger partial charge in [0.25, 0.3) is 0 Å². The molecular formula is C26H36F3N7O. The number of hydrogen-bond acceptors (Lipinski definition) is 5. The highest BCUT2D eigenvalue weighted by atomic mass is 19.1. The molecule has 0 bridgehead atoms. The van der Waals surface area contributed by atoms with Crippen LogP contribution in [0.3, 0.4) is 0 Å². The number of rotatable bonds is 4. The Balaban J connectivity index is 0.00000124. The van der Waals surface area contributed by atoms with E-state index in [0.717, 1.165) is 25.2 Å². The number of carbonyl (C=O) groups excluding carboxylic acids is 1. The van der Waals surface area contributed by atoms with Crippen LogP contribution in [-0.2, 0) is 0 Å². The summed E-state index contributed by atoms with van der Waals surface area (Å²) < 4.78 is 41.8. The number of aromatic nitrogens is 4. The van der Waals surface area contributed by atoms with Crippen molar-refractivity contribution in [2.45, 2.75) is 72.1 Å². The lowest BCUT2D eigenvalue weighted by atomic mass is 9.83. The first-order valence-electron chi connectivity index (χ1n) is 12.5. The molecule has 1 saturated carbocycles. The minimum Gasteiger partial charge on any atom is -0.365 e. The van der Waals surface area contributed by atoms with Crippen molar-refractivity contribution in [1.29, 1.82) is 0 Å². The summed E-state index contributed by atoms with van der Waals surface area (Å²) in [6.45, 7) is 6.62. The number of likely N-dealkylation sites (tertiary alicyclic amines) is 1. The van der Waals surface area contributed by atoms with Crippen molar-refractivity contribution in [1.82, 2.24) is 30.2 Å². The number of H-pyrrole nitrogens is 1. The molecule has 1 unspecified atom stereocenters. The zero-order valence-electron chi connectivity index (χ0n) is 20.7. The standard InChI is InChI=1S/C23H26F3N7O.C2H6.CH4/c1-12-4-15(7-16(5-12)31-23(34)33-3-2-13(24)11-33)30-22-19(26)10-29-21(32-22)18-9-28-20-17(18)6-14(25)8-27-20;1-2;/h6,8-10,12-13,15-16H,2-5,7,11H2,1H3,(H,27,28)(H,31,34)(H,29,30,32);1-2H3;1H4/t12-,13+,15?,16-;;/m1../s1. The fourth-order valence-corrected chi connectivity index (χ4v) is 4.96. The highest BCUT2D eigenvalue weighted by Gasteiger charge is 2.32. The summed E-state index contributed by atoms with van der Waals surface area (Å²) in [6.07, 6.45) is 5.37. The Hall–Kier alpha value is -3.37. The first-order chi connectivity index (χ1) is 17.4. The Morgan fingerprint density at radius 3 is 2.62 bits per heavy atom. The molecule has 37 heavy (non-hydrogen) atoms. The molecular weight excluding hydrogens is 483 g/mol. The highest BCUT2D eigenvalue weighted by molar-refractivity contribution is 5.91. The lowest BCUT2D eigenvalue weighted by molar-refractivity contribution is 0.191. The number of nitrogens with one attached hydrogen (secondary N) is 3. The van der Waals surface area contributed by atoms with Crippen molar-refractivity contribution in [3.63, 3.8) is 0 Å². The average Bonchev–Trinajstić information content (AvgIpc) is 3.47. The third-order valence-electron chi connectivity index (χ3n) is 6.51. The van der Waals surface area contributed by atoms with Crippen molar-refractivity contribution in [2.24, 2.45) is 5.92 Å². The maximum Gasteiger partial charge on any atom is 0.317 e. The smallest absolute Gasteiger partial charge is 0.317 e. The van der Waals surface area contributed by atoms with E-state index in [1.54, 1.807) is 6.20 Å². The van der Waals surface area contributed by atoms with E-state index in [2.05, 4.69) is 37.5 Å². The third kappa shape index (κ3) is 6.50. The maximum atomic E-state index is 14.6. The van der Waals surface area contributed by atoms with Gasteiger partial charge in [-0.1, -0.05) is 28.2 Å². The second-order valence-electron chi connectivity index (χ2n) is 9.27. The van der Waals surface area contributed by atoms with Crippen molar-refractivity contribution in [3.8, 4) is 11.4 Å². The number of pyridine rings is 1. The summed E-state index contributed by atoms with van der Waals surface area (Å²) in [6, 6.07) is 0.837. The van der Waals surface area contributed by atoms with Crippen molar-refractivity contribution >= 4 is 22.9 Å². The molecule has 0 aromatic carbocycles. The molecule has 2 amide bonds. The van der Waals surface area contributed by atoms with Crippen molar-refractivity contribution in [3.05, 3.63) is 36.3 Å². The number of fused-ring (bicyclic) bond motifs is 1. The van der Waals surface area contributed by atoms with E-state index in [4.69, 9.17) is 0 Å². The second kappa shape index (κ2) is 12.2. The zero-order chi connectivity index (χ0) is 25.8. The molecule has 0 radical (unpaired) electrons. The van der Waals surface area contributed by atoms with Gasteiger partial charge in [0.2, 0.25) is 0 Å². The van der Waals surface area contributed by atoms with Gasteiger partial charge >= 0.3 is 6.03 Å². The van der Waals surface area contributed by atoms with Crippen LogP contribution in [0.1, 0.15) is 53.9 Å². The van der Waals surface area contributed by atoms with E-state index in [1.165, 1.54) is 11.0 Å². The van der Waals surface area contributed by atoms with Crippen LogP contribution in [0.2, 0.25) is 0 Å². The molecule has 3 aromatic rings. The van der Waals surface area contributed by atoms with E-state index < -0.39 is 17.8 Å². The molecule has 5 rings (SSSR count). The topological polar surface area (TPSA) is 98.8 Å². The molecule has 3 N–H and O–H groups in total. The van der Waals surface area contributed by atoms with Gasteiger partial charge in [-0.25, -0.2) is 32.9 Å². The van der Waals surface area contributed by atoms with Crippen LogP contribution in [0.4, 0.5) is 23.8 Å². The Morgan fingerprint density at radius 2 is 1.89 bits per heavy atom. The Morgan fingerprint density at radius 1 is 1.14 bits per heavy atom. The van der Waals surface area contributed by atoms with E-state index in [1.807, 2.05) is 13.8 Å². The van der Waals surface area contributed by atoms with Crippen LogP contribution in [0, 0.1) is 17.6 Å². The second-order valence-corrected chi connectivity index (χ2v) is 9.27. The number of hydrogen-bond donors (Lipinski definition) is 3. The number of aromatic amines is 1. The lowest BCUT2D eigenvalue weighted by Crippen LogP contribution is -2.48. The van der Waals surface area contributed by atoms with Gasteiger partial charge in [0.15, 0.2) is 17.5 Å². The predicted octanol–water partition coefficient (Wildman–Crippen LogP) is 5.68. The molecule has 1 aliphatic heterocycles. The molecule has 8 nitrogen and oxygen atoms in total. The SMILES string of the molecule is C.CC.C[C@@H]1CC(Nc2nc(-c3c[nH]c4ncc(F)cc34)ncc2F)C[C@H](NC(=O)N2CC[C@H](F)C2)C1. The van der Waals surface area contributed by atoms with E-state index >= 15 is 0 Å². The number of anilines is 1. The minimum atomic E-state index is -0.968. The molecule has 2 fully saturated rings. The van der Waals surface area contributed by atoms with Crippen LogP contribution in [0.15, 0.2) is 24.7 Å². The normalized spacial score (nSPS) is 23.1. The Labute approximate surface area is 215 Å². The van der Waals surface area contributed by atoms with E-state index in [9.17, 15) is 18.0 Å². The number of urea groups is 1. The van der Waals surface area contributed by atoms with Crippen LogP contribution in [0.5, 0.6) is 0 Å². The summed E-state index contributed by atoms with van der Waals surface area (Å²) in [5.41, 5.74) is 1.000. The van der Waals surface area contributed by atoms with Crippen LogP contribution >= 0.6 is 0 Å². The molecule has 4 atom stereocenters. The van der Waals surface area contributed by atoms with E-state index in [0.29, 0.717) is 36.0 Å². The number of amides is 2. The third-order valence-corrected chi connectivity index (χ3v) is 6.51. The summed E-state index contributed by atoms with van der Waals surface area (Å²) in [4.78, 5) is 29.4. The molecule has 0 spiro atoms. The molecule has 3 aromatic heterocycles. The quantitative estimate of drug-likeness (QED) is 0.412. The summed E-state index contributed by atoms with van der Waals surface area (Å²) in [7, 11) is 0. The number of halogens is 3. The van der Waals surface area contributed by atoms with Crippen LogP contribution in [-0.4, -0.2) is 62.2 Å². The molecule has 1 saturated heterocycles. The highest BCUT2D eigenvalue weighted by Crippen LogP contribution is 2.30. The van der Waals surface area contributed by atoms with Crippen molar-refractivity contribution < 1.29 is 18.0 Å². The largest absolute Gasteiger partial charge is 0.365 e. The molecule has 4 heterocycles. The molecule has 11 heteroatoms. The zero-order valence-corrected chi connectivity index (χ0v) is 20.7. The lowest BCUT2D eigenvalue weighted by Gasteiger charge is -2.35. The van der Waals surface area contributed by atoms with E-state index in [-0.39, 0.29) is 49.6 Å². The van der Waals surface area contributed by atoms with Gasteiger partial charge in [0, 0.05) is 35.8 Å². The van der Waals surface area contributed by atoms with Gasteiger partial charge in [-0.15, -0.1) is 0 Å². The number of carbonyl (C=O) groups is 1. The first-order valence-corrected chi connectivity index (χ1v) is 12.5. The van der Waals surface area contributed by atoms with Gasteiger partial charge < -0.3 is 20.5 Å². The summed E-state index contributed by atoms with van der Waals surface area (Å²) in [5, 5.41) is 6.68. The van der Waals surface area contributed by atoms with Gasteiger partial charge in [0.05, 0.1) is 18.9 Å². The molecule has 2 aliphatic rings. The monoisotopic (exact) mass is 519 g/mol. The predicted molar refractivity (Wildman–Crippen MR) is 139 cm³/mol.